The fourth-order valence-electron chi connectivity index (χ4n) is 3.92. The predicted octanol–water partition coefficient (Wildman–Crippen LogP) is 4.14. The van der Waals surface area contributed by atoms with Crippen LogP contribution in [0.15, 0.2) is 28.7 Å². The summed E-state index contributed by atoms with van der Waals surface area (Å²) in [5.41, 5.74) is 1.03. The lowest BCUT2D eigenvalue weighted by Gasteiger charge is -2.32. The van der Waals surface area contributed by atoms with Crippen LogP contribution in [-0.4, -0.2) is 29.1 Å². The molecule has 3 atom stereocenters. The van der Waals surface area contributed by atoms with Gasteiger partial charge >= 0.3 is 0 Å². The van der Waals surface area contributed by atoms with Crippen molar-refractivity contribution in [1.29, 1.82) is 0 Å². The molecule has 0 bridgehead atoms. The molecule has 0 amide bonds. The topological polar surface area (TPSA) is 23.5 Å². The van der Waals surface area contributed by atoms with Gasteiger partial charge in [-0.05, 0) is 55.8 Å². The molecule has 3 rings (SSSR count). The summed E-state index contributed by atoms with van der Waals surface area (Å²) in [6, 6.07) is 8.85. The Morgan fingerprint density at radius 3 is 2.70 bits per heavy atom. The first-order chi connectivity index (χ1) is 9.74. The molecule has 0 aromatic heterocycles. The molecule has 1 N–H and O–H groups in total. The van der Waals surface area contributed by atoms with Gasteiger partial charge in [0.2, 0.25) is 0 Å². The van der Waals surface area contributed by atoms with Crippen LogP contribution in [0.5, 0.6) is 0 Å². The zero-order chi connectivity index (χ0) is 13.9. The predicted molar refractivity (Wildman–Crippen MR) is 85.7 cm³/mol. The zero-order valence-corrected chi connectivity index (χ0v) is 13.6. The van der Waals surface area contributed by atoms with Crippen molar-refractivity contribution in [3.63, 3.8) is 0 Å². The first-order valence-corrected chi connectivity index (χ1v) is 8.71. The number of nitrogens with zero attached hydrogens (tertiary/aromatic N) is 1. The van der Waals surface area contributed by atoms with Gasteiger partial charge in [-0.3, -0.25) is 4.90 Å². The summed E-state index contributed by atoms with van der Waals surface area (Å²) in [5.74, 6) is 0.938. The standard InChI is InChI=1S/C17H24BrNO/c18-15-7-5-14(6-8-15)17(20)10-12-19-11-9-13-3-1-2-4-16(13)19/h5-8,13,16-17,20H,1-4,9-12H2. The fourth-order valence-corrected chi connectivity index (χ4v) is 4.18. The molecule has 1 aliphatic heterocycles. The maximum atomic E-state index is 10.3. The van der Waals surface area contributed by atoms with E-state index in [-0.39, 0.29) is 6.10 Å². The quantitative estimate of drug-likeness (QED) is 0.892. The molecule has 1 heterocycles. The van der Waals surface area contributed by atoms with Gasteiger partial charge in [-0.25, -0.2) is 0 Å². The summed E-state index contributed by atoms with van der Waals surface area (Å²) < 4.78 is 1.07. The van der Waals surface area contributed by atoms with E-state index in [9.17, 15) is 5.11 Å². The average molecular weight is 338 g/mol. The highest BCUT2D eigenvalue weighted by atomic mass is 79.9. The molecule has 1 aliphatic carbocycles. The molecule has 3 heteroatoms. The van der Waals surface area contributed by atoms with E-state index in [4.69, 9.17) is 0 Å². The van der Waals surface area contributed by atoms with Crippen LogP contribution in [-0.2, 0) is 0 Å². The van der Waals surface area contributed by atoms with Gasteiger partial charge in [0.05, 0.1) is 6.10 Å². The minimum Gasteiger partial charge on any atom is -0.388 e. The van der Waals surface area contributed by atoms with Crippen LogP contribution in [0, 0.1) is 5.92 Å². The second-order valence-electron chi connectivity index (χ2n) is 6.29. The highest BCUT2D eigenvalue weighted by Gasteiger charge is 2.35. The molecular formula is C17H24BrNO. The lowest BCUT2D eigenvalue weighted by molar-refractivity contribution is 0.123. The summed E-state index contributed by atoms with van der Waals surface area (Å²) in [5, 5.41) is 10.3. The second-order valence-corrected chi connectivity index (χ2v) is 7.21. The molecule has 1 saturated carbocycles. The number of aliphatic hydroxyl groups is 1. The normalized spacial score (nSPS) is 28.3. The van der Waals surface area contributed by atoms with Crippen molar-refractivity contribution < 1.29 is 5.11 Å². The minimum absolute atomic E-state index is 0.328. The second kappa shape index (κ2) is 6.59. The Balaban J connectivity index is 1.52. The number of hydrogen-bond donors (Lipinski definition) is 1. The Bertz CT molecular complexity index is 433. The first kappa shape index (κ1) is 14.6. The van der Waals surface area contributed by atoms with E-state index >= 15 is 0 Å². The van der Waals surface area contributed by atoms with Crippen molar-refractivity contribution in [3.05, 3.63) is 34.3 Å². The number of halogens is 1. The van der Waals surface area contributed by atoms with Crippen molar-refractivity contribution in [2.24, 2.45) is 5.92 Å². The fraction of sp³-hybridized carbons (Fsp3) is 0.647. The molecule has 20 heavy (non-hydrogen) atoms. The van der Waals surface area contributed by atoms with E-state index in [2.05, 4.69) is 20.8 Å². The van der Waals surface area contributed by atoms with Gasteiger partial charge in [-0.15, -0.1) is 0 Å². The van der Waals surface area contributed by atoms with Crippen LogP contribution in [0.3, 0.4) is 0 Å². The lowest BCUT2D eigenvalue weighted by Crippen LogP contribution is -2.35. The summed E-state index contributed by atoms with van der Waals surface area (Å²) in [4.78, 5) is 2.63. The van der Waals surface area contributed by atoms with Gasteiger partial charge in [0, 0.05) is 17.1 Å². The molecule has 2 nitrogen and oxygen atoms in total. The Morgan fingerprint density at radius 1 is 1.15 bits per heavy atom. The van der Waals surface area contributed by atoms with Crippen LogP contribution in [0.2, 0.25) is 0 Å². The van der Waals surface area contributed by atoms with E-state index in [1.54, 1.807) is 0 Å². The van der Waals surface area contributed by atoms with Gasteiger partial charge in [0.15, 0.2) is 0 Å². The van der Waals surface area contributed by atoms with Crippen molar-refractivity contribution in [2.75, 3.05) is 13.1 Å². The molecule has 2 fully saturated rings. The highest BCUT2D eigenvalue weighted by Crippen LogP contribution is 2.36. The van der Waals surface area contributed by atoms with Gasteiger partial charge in [-0.2, -0.15) is 0 Å². The number of hydrogen-bond acceptors (Lipinski definition) is 2. The molecule has 110 valence electrons. The molecule has 0 spiro atoms. The van der Waals surface area contributed by atoms with E-state index in [1.807, 2.05) is 24.3 Å². The molecule has 2 aliphatic rings. The van der Waals surface area contributed by atoms with Gasteiger partial charge in [0.25, 0.3) is 0 Å². The molecule has 0 radical (unpaired) electrons. The van der Waals surface area contributed by atoms with Crippen molar-refractivity contribution in [1.82, 2.24) is 4.90 Å². The zero-order valence-electron chi connectivity index (χ0n) is 12.0. The third-order valence-corrected chi connectivity index (χ3v) is 5.60. The van der Waals surface area contributed by atoms with Crippen molar-refractivity contribution in [2.45, 2.75) is 50.7 Å². The summed E-state index contributed by atoms with van der Waals surface area (Å²) >= 11 is 3.44. The van der Waals surface area contributed by atoms with E-state index in [1.165, 1.54) is 38.6 Å². The first-order valence-electron chi connectivity index (χ1n) is 7.91. The van der Waals surface area contributed by atoms with Crippen LogP contribution >= 0.6 is 15.9 Å². The highest BCUT2D eigenvalue weighted by molar-refractivity contribution is 9.10. The molecular weight excluding hydrogens is 314 g/mol. The molecule has 1 saturated heterocycles. The third kappa shape index (κ3) is 3.26. The minimum atomic E-state index is -0.328. The van der Waals surface area contributed by atoms with Crippen LogP contribution < -0.4 is 0 Å². The Kier molecular flexibility index (Phi) is 4.79. The summed E-state index contributed by atoms with van der Waals surface area (Å²) in [6.07, 6.45) is 7.52. The van der Waals surface area contributed by atoms with Crippen LogP contribution in [0.25, 0.3) is 0 Å². The molecule has 1 aromatic carbocycles. The average Bonchev–Trinajstić information content (AvgIpc) is 2.89. The Hall–Kier alpha value is -0.380. The van der Waals surface area contributed by atoms with Crippen LogP contribution in [0.1, 0.15) is 50.2 Å². The Morgan fingerprint density at radius 2 is 1.90 bits per heavy atom. The number of aliphatic hydroxyl groups excluding tert-OH is 1. The number of rotatable bonds is 4. The number of fused-ring (bicyclic) bond motifs is 1. The Labute approximate surface area is 130 Å². The van der Waals surface area contributed by atoms with Crippen molar-refractivity contribution >= 4 is 15.9 Å². The molecule has 3 unspecified atom stereocenters. The van der Waals surface area contributed by atoms with Gasteiger partial charge in [-0.1, -0.05) is 40.9 Å². The van der Waals surface area contributed by atoms with E-state index < -0.39 is 0 Å². The molecule has 1 aromatic rings. The van der Waals surface area contributed by atoms with E-state index in [0.717, 1.165) is 35.0 Å². The van der Waals surface area contributed by atoms with E-state index in [0.29, 0.717) is 0 Å². The monoisotopic (exact) mass is 337 g/mol. The maximum absolute atomic E-state index is 10.3. The number of likely N-dealkylation sites (tertiary alicyclic amines) is 1. The lowest BCUT2D eigenvalue weighted by atomic mass is 9.85. The van der Waals surface area contributed by atoms with Crippen LogP contribution in [0.4, 0.5) is 0 Å². The number of benzene rings is 1. The smallest absolute Gasteiger partial charge is 0.0802 e. The summed E-state index contributed by atoms with van der Waals surface area (Å²) in [6.45, 7) is 2.28. The maximum Gasteiger partial charge on any atom is 0.0802 e. The SMILES string of the molecule is OC(CCN1CCC2CCCCC21)c1ccc(Br)cc1. The van der Waals surface area contributed by atoms with Gasteiger partial charge in [0.1, 0.15) is 0 Å². The largest absolute Gasteiger partial charge is 0.388 e. The summed E-state index contributed by atoms with van der Waals surface area (Å²) in [7, 11) is 0. The third-order valence-electron chi connectivity index (χ3n) is 5.07. The van der Waals surface area contributed by atoms with Crippen molar-refractivity contribution in [3.8, 4) is 0 Å². The van der Waals surface area contributed by atoms with Gasteiger partial charge < -0.3 is 5.11 Å².